The molecule has 2 bridgehead atoms. The molecule has 2 N–H and O–H groups in total. The van der Waals surface area contributed by atoms with Gasteiger partial charge in [0.1, 0.15) is 17.4 Å². The van der Waals surface area contributed by atoms with Crippen molar-refractivity contribution in [2.45, 2.75) is 62.4 Å². The number of hydrogen-bond donors (Lipinski definition) is 2. The highest BCUT2D eigenvalue weighted by Crippen LogP contribution is 2.55. The Morgan fingerprint density at radius 3 is 2.67 bits per heavy atom. The molecule has 1 saturated carbocycles. The van der Waals surface area contributed by atoms with E-state index in [2.05, 4.69) is 10.6 Å². The number of amides is 3. The van der Waals surface area contributed by atoms with Crippen molar-refractivity contribution in [1.82, 2.24) is 10.2 Å². The molecule has 5 atom stereocenters. The van der Waals surface area contributed by atoms with Crippen LogP contribution in [0.3, 0.4) is 0 Å². The van der Waals surface area contributed by atoms with Crippen LogP contribution in [0.25, 0.3) is 0 Å². The standard InChI is InChI=1S/C30H32ClN3O5/c1-38-22-12-5-7-18(15-22)17-34-26(28(36)32-20-9-3-2-4-10-20)30-14-13-23(39-30)24(25(30)29(34)37)27(35)33-21-11-6-8-19(31)16-21/h5-8,11-16,20,23-26H,2-4,9-10,17H2,1H3,(H,32,36)(H,33,35)/t23-,24?,25-,26?,30?/m1/s1. The summed E-state index contributed by atoms with van der Waals surface area (Å²) < 4.78 is 11.8. The number of carbonyl (C=O) groups is 3. The average molecular weight is 550 g/mol. The van der Waals surface area contributed by atoms with Crippen molar-refractivity contribution < 1.29 is 23.9 Å². The number of likely N-dealkylation sites (tertiary alicyclic amines) is 1. The molecule has 6 rings (SSSR count). The molecule has 0 aromatic heterocycles. The van der Waals surface area contributed by atoms with Crippen LogP contribution in [0.1, 0.15) is 37.7 Å². The van der Waals surface area contributed by atoms with E-state index in [-0.39, 0.29) is 30.3 Å². The third kappa shape index (κ3) is 4.59. The van der Waals surface area contributed by atoms with E-state index in [1.807, 2.05) is 36.4 Å². The zero-order valence-electron chi connectivity index (χ0n) is 21.8. The number of halogens is 1. The van der Waals surface area contributed by atoms with E-state index in [0.717, 1.165) is 31.2 Å². The summed E-state index contributed by atoms with van der Waals surface area (Å²) in [6, 6.07) is 13.5. The third-order valence-electron chi connectivity index (χ3n) is 8.46. The van der Waals surface area contributed by atoms with E-state index in [1.165, 1.54) is 6.42 Å². The number of carbonyl (C=O) groups excluding carboxylic acids is 3. The molecule has 3 amide bonds. The van der Waals surface area contributed by atoms with Crippen molar-refractivity contribution in [3.05, 3.63) is 71.3 Å². The maximum Gasteiger partial charge on any atom is 0.246 e. The Hall–Kier alpha value is -3.36. The van der Waals surface area contributed by atoms with Gasteiger partial charge in [-0.3, -0.25) is 14.4 Å². The van der Waals surface area contributed by atoms with Crippen LogP contribution in [0.2, 0.25) is 5.02 Å². The van der Waals surface area contributed by atoms with Crippen molar-refractivity contribution in [3.63, 3.8) is 0 Å². The van der Waals surface area contributed by atoms with Gasteiger partial charge in [-0.15, -0.1) is 0 Å². The van der Waals surface area contributed by atoms with Crippen LogP contribution < -0.4 is 15.4 Å². The fourth-order valence-electron chi connectivity index (χ4n) is 6.72. The summed E-state index contributed by atoms with van der Waals surface area (Å²) in [6.07, 6.45) is 8.20. The molecule has 2 aromatic carbocycles. The largest absolute Gasteiger partial charge is 0.497 e. The van der Waals surface area contributed by atoms with Crippen molar-refractivity contribution in [1.29, 1.82) is 0 Å². The lowest BCUT2D eigenvalue weighted by atomic mass is 9.74. The summed E-state index contributed by atoms with van der Waals surface area (Å²) in [6.45, 7) is 0.196. The van der Waals surface area contributed by atoms with Gasteiger partial charge in [0, 0.05) is 23.3 Å². The highest BCUT2D eigenvalue weighted by atomic mass is 35.5. The first-order valence-electron chi connectivity index (χ1n) is 13.6. The van der Waals surface area contributed by atoms with Crippen molar-refractivity contribution in [2.75, 3.05) is 12.4 Å². The molecule has 2 aromatic rings. The monoisotopic (exact) mass is 549 g/mol. The molecule has 2 saturated heterocycles. The second-order valence-electron chi connectivity index (χ2n) is 10.9. The predicted octanol–water partition coefficient (Wildman–Crippen LogP) is 4.09. The molecule has 1 aliphatic carbocycles. The molecule has 4 aliphatic rings. The Balaban J connectivity index is 1.33. The van der Waals surface area contributed by atoms with Gasteiger partial charge in [0.25, 0.3) is 0 Å². The normalized spacial score (nSPS) is 29.4. The Bertz CT molecular complexity index is 1330. The number of fused-ring (bicyclic) bond motifs is 1. The zero-order valence-corrected chi connectivity index (χ0v) is 22.5. The summed E-state index contributed by atoms with van der Waals surface area (Å²) in [5, 5.41) is 6.61. The minimum absolute atomic E-state index is 0.0694. The molecular weight excluding hydrogens is 518 g/mol. The fraction of sp³-hybridized carbons (Fsp3) is 0.433. The molecule has 3 heterocycles. The fourth-order valence-corrected chi connectivity index (χ4v) is 6.91. The predicted molar refractivity (Wildman–Crippen MR) is 146 cm³/mol. The summed E-state index contributed by atoms with van der Waals surface area (Å²) >= 11 is 6.11. The van der Waals surface area contributed by atoms with Gasteiger partial charge in [-0.25, -0.2) is 0 Å². The summed E-state index contributed by atoms with van der Waals surface area (Å²) in [7, 11) is 1.59. The highest BCUT2D eigenvalue weighted by molar-refractivity contribution is 6.30. The molecule has 3 aliphatic heterocycles. The van der Waals surface area contributed by atoms with Gasteiger partial charge in [-0.1, -0.05) is 61.2 Å². The van der Waals surface area contributed by atoms with E-state index >= 15 is 0 Å². The Kier molecular flexibility index (Phi) is 6.85. The second-order valence-corrected chi connectivity index (χ2v) is 11.3. The second kappa shape index (κ2) is 10.3. The number of anilines is 1. The Morgan fingerprint density at radius 1 is 1.10 bits per heavy atom. The maximum absolute atomic E-state index is 14.2. The van der Waals surface area contributed by atoms with Crippen LogP contribution in [-0.4, -0.2) is 53.5 Å². The van der Waals surface area contributed by atoms with E-state index in [1.54, 1.807) is 36.3 Å². The van der Waals surface area contributed by atoms with Gasteiger partial charge in [0.2, 0.25) is 17.7 Å². The Labute approximate surface area is 232 Å². The van der Waals surface area contributed by atoms with Crippen LogP contribution in [0, 0.1) is 11.8 Å². The highest BCUT2D eigenvalue weighted by Gasteiger charge is 2.72. The smallest absolute Gasteiger partial charge is 0.246 e. The van der Waals surface area contributed by atoms with Crippen LogP contribution in [0.5, 0.6) is 5.75 Å². The number of nitrogens with zero attached hydrogens (tertiary/aromatic N) is 1. The van der Waals surface area contributed by atoms with Crippen molar-refractivity contribution in [2.24, 2.45) is 11.8 Å². The quantitative estimate of drug-likeness (QED) is 0.507. The molecule has 8 nitrogen and oxygen atoms in total. The number of ether oxygens (including phenoxy) is 2. The summed E-state index contributed by atoms with van der Waals surface area (Å²) in [5.41, 5.74) is 0.155. The first kappa shape index (κ1) is 25.9. The number of hydrogen-bond acceptors (Lipinski definition) is 5. The SMILES string of the molecule is COc1cccc(CN2C(=O)[C@H]3C(C(=O)Nc4cccc(Cl)c4)[C@H]4C=CC3(O4)C2C(=O)NC2CCCCC2)c1. The molecule has 3 unspecified atom stereocenters. The first-order valence-corrected chi connectivity index (χ1v) is 13.9. The van der Waals surface area contributed by atoms with Gasteiger partial charge < -0.3 is 25.0 Å². The molecule has 9 heteroatoms. The van der Waals surface area contributed by atoms with Crippen LogP contribution >= 0.6 is 11.6 Å². The van der Waals surface area contributed by atoms with Gasteiger partial charge in [0.15, 0.2) is 0 Å². The minimum Gasteiger partial charge on any atom is -0.497 e. The maximum atomic E-state index is 14.2. The van der Waals surface area contributed by atoms with Crippen LogP contribution in [-0.2, 0) is 25.7 Å². The van der Waals surface area contributed by atoms with Gasteiger partial charge in [-0.2, -0.15) is 0 Å². The van der Waals surface area contributed by atoms with E-state index in [9.17, 15) is 14.4 Å². The molecular formula is C30H32ClN3O5. The van der Waals surface area contributed by atoms with Gasteiger partial charge >= 0.3 is 0 Å². The number of nitrogens with one attached hydrogen (secondary N) is 2. The topological polar surface area (TPSA) is 97.0 Å². The summed E-state index contributed by atoms with van der Waals surface area (Å²) in [5.74, 6) is -1.76. The summed E-state index contributed by atoms with van der Waals surface area (Å²) in [4.78, 5) is 43.3. The molecule has 0 radical (unpaired) electrons. The molecule has 39 heavy (non-hydrogen) atoms. The number of rotatable bonds is 7. The average Bonchev–Trinajstić information content (AvgIpc) is 3.57. The van der Waals surface area contributed by atoms with Crippen molar-refractivity contribution >= 4 is 35.0 Å². The van der Waals surface area contributed by atoms with Crippen molar-refractivity contribution in [3.8, 4) is 5.75 Å². The first-order chi connectivity index (χ1) is 18.9. The minimum atomic E-state index is -1.21. The number of methoxy groups -OCH3 is 1. The molecule has 204 valence electrons. The van der Waals surface area contributed by atoms with Crippen LogP contribution in [0.4, 0.5) is 5.69 Å². The Morgan fingerprint density at radius 2 is 1.90 bits per heavy atom. The lowest BCUT2D eigenvalue weighted by molar-refractivity contribution is -0.142. The lowest BCUT2D eigenvalue weighted by Gasteiger charge is -2.34. The van der Waals surface area contributed by atoms with Gasteiger partial charge in [-0.05, 0) is 48.7 Å². The van der Waals surface area contributed by atoms with E-state index in [4.69, 9.17) is 21.1 Å². The van der Waals surface area contributed by atoms with Crippen LogP contribution in [0.15, 0.2) is 60.7 Å². The molecule has 1 spiro atoms. The van der Waals surface area contributed by atoms with Gasteiger partial charge in [0.05, 0.1) is 25.0 Å². The van der Waals surface area contributed by atoms with E-state index in [0.29, 0.717) is 16.5 Å². The lowest BCUT2D eigenvalue weighted by Crippen LogP contribution is -2.56. The van der Waals surface area contributed by atoms with E-state index < -0.39 is 29.6 Å². The third-order valence-corrected chi connectivity index (χ3v) is 8.69. The molecule has 3 fully saturated rings. The zero-order chi connectivity index (χ0) is 27.1. The number of benzene rings is 2.